The molecular weight excluding hydrogens is 2110 g/mol. The number of rotatable bonds is 15. The summed E-state index contributed by atoms with van der Waals surface area (Å²) in [6, 6.07) is 97.7. The van der Waals surface area contributed by atoms with Crippen LogP contribution in [0, 0.1) is 34.6 Å². The van der Waals surface area contributed by atoms with Crippen LogP contribution in [0.4, 0.5) is 52.7 Å². The van der Waals surface area contributed by atoms with Crippen molar-refractivity contribution in [1.29, 1.82) is 0 Å². The Labute approximate surface area is 838 Å². The SMILES string of the molecule is BrCc1ccccc1-c1ccccc1.COc1nccc2[nH]c(C)cc12.COc1nccc2c1cc(C)n2Cc1ccccc1.COc1nccc2c1cc(C)n2Cc1ccccc1-c1ccccc1.Cc1cc2c(=O)[nH]ccc2n1Cc1ccccc1.Cc1cc2c(=O)[nH]ccc2n1Cc1ccccc1-c1ccccc1.O=C(O)C(F)(F)F.O=C(O)C(F)(F)F.O=C(O)C(F)(F)F.O=C(O)C(F)(F)F.[Rh].[Rh]. The fourth-order valence-electron chi connectivity index (χ4n) is 14.3. The van der Waals surface area contributed by atoms with E-state index in [0.717, 1.165) is 103 Å². The van der Waals surface area contributed by atoms with Crippen molar-refractivity contribution in [2.75, 3.05) is 21.3 Å². The molecule has 38 heteroatoms. The van der Waals surface area contributed by atoms with Gasteiger partial charge in [0, 0.05) is 130 Å². The van der Waals surface area contributed by atoms with E-state index in [4.69, 9.17) is 53.8 Å². The number of pyridine rings is 5. The summed E-state index contributed by atoms with van der Waals surface area (Å²) in [5.74, 6) is -8.99. The maximum Gasteiger partial charge on any atom is 0.490 e. The molecule has 10 heterocycles. The van der Waals surface area contributed by atoms with Gasteiger partial charge in [-0.3, -0.25) is 9.59 Å². The summed E-state index contributed by atoms with van der Waals surface area (Å²) in [5.41, 5.74) is 24.9. The Morgan fingerprint density at radius 3 is 0.887 bits per heavy atom. The summed E-state index contributed by atoms with van der Waals surface area (Å²) in [6.07, 6.45) is -11.6. The minimum Gasteiger partial charge on any atom is -0.481 e. The van der Waals surface area contributed by atoms with Gasteiger partial charge in [0.25, 0.3) is 11.1 Å². The summed E-state index contributed by atoms with van der Waals surface area (Å²) in [7, 11) is 4.95. The summed E-state index contributed by atoms with van der Waals surface area (Å²) < 4.78 is 152. The molecular formula is C104H93BrF12N10O13Rh2. The average Bonchev–Trinajstić information content (AvgIpc) is 1.66. The van der Waals surface area contributed by atoms with Crippen molar-refractivity contribution in [3.05, 3.63) is 393 Å². The number of H-pyrrole nitrogens is 3. The Bertz CT molecular complexity index is 7190. The number of aliphatic carboxylic acids is 4. The first-order valence-electron chi connectivity index (χ1n) is 42.1. The second-order valence-electron chi connectivity index (χ2n) is 30.3. The third kappa shape index (κ3) is 32.3. The smallest absolute Gasteiger partial charge is 0.481 e. The van der Waals surface area contributed by atoms with Crippen molar-refractivity contribution >= 4 is 94.3 Å². The van der Waals surface area contributed by atoms with Gasteiger partial charge in [0.15, 0.2) is 0 Å². The zero-order valence-corrected chi connectivity index (χ0v) is 81.6. The number of carboxylic acid groups (broad SMARTS) is 4. The Morgan fingerprint density at radius 2 is 0.585 bits per heavy atom. The van der Waals surface area contributed by atoms with Gasteiger partial charge in [-0.05, 0) is 156 Å². The van der Waals surface area contributed by atoms with E-state index in [0.29, 0.717) is 17.6 Å². The zero-order chi connectivity index (χ0) is 102. The van der Waals surface area contributed by atoms with E-state index in [9.17, 15) is 62.3 Å². The van der Waals surface area contributed by atoms with Gasteiger partial charge < -0.3 is 67.9 Å². The van der Waals surface area contributed by atoms with Gasteiger partial charge in [-0.15, -0.1) is 0 Å². The molecule has 2 radical (unpaired) electrons. The summed E-state index contributed by atoms with van der Waals surface area (Å²) >= 11 is 3.51. The Kier molecular flexibility index (Phi) is 42.8. The van der Waals surface area contributed by atoms with Gasteiger partial charge in [-0.25, -0.2) is 34.1 Å². The molecule has 8 aromatic carbocycles. The van der Waals surface area contributed by atoms with Crippen LogP contribution in [-0.4, -0.2) is 139 Å². The number of alkyl halides is 13. The molecule has 18 aromatic rings. The van der Waals surface area contributed by atoms with Gasteiger partial charge in [-0.1, -0.05) is 240 Å². The van der Waals surface area contributed by atoms with Crippen molar-refractivity contribution in [3.63, 3.8) is 0 Å². The summed E-state index contributed by atoms with van der Waals surface area (Å²) in [4.78, 5) is 80.7. The van der Waals surface area contributed by atoms with Crippen LogP contribution in [0.3, 0.4) is 0 Å². The van der Waals surface area contributed by atoms with Crippen molar-refractivity contribution in [3.8, 4) is 51.0 Å². The number of aryl methyl sites for hydroxylation is 5. The van der Waals surface area contributed by atoms with Crippen molar-refractivity contribution in [1.82, 2.24) is 48.2 Å². The number of hydrogen-bond acceptors (Lipinski definition) is 12. The van der Waals surface area contributed by atoms with E-state index in [1.165, 1.54) is 72.6 Å². The third-order valence-corrected chi connectivity index (χ3v) is 21.4. The molecule has 142 heavy (non-hydrogen) atoms. The molecule has 23 nitrogen and oxygen atoms in total. The average molecular weight is 2200 g/mol. The number of nitrogens with one attached hydrogen (secondary N) is 3. The number of hydrogen-bond donors (Lipinski definition) is 7. The number of aromatic nitrogens is 10. The maximum atomic E-state index is 12.0. The molecule has 746 valence electrons. The number of benzene rings is 8. The van der Waals surface area contributed by atoms with E-state index in [1.54, 1.807) is 52.3 Å². The number of aromatic amines is 3. The largest absolute Gasteiger partial charge is 0.490 e. The maximum absolute atomic E-state index is 12.0. The van der Waals surface area contributed by atoms with E-state index in [-0.39, 0.29) is 50.1 Å². The van der Waals surface area contributed by atoms with Gasteiger partial charge in [-0.2, -0.15) is 52.7 Å². The number of ether oxygens (including phenoxy) is 3. The normalized spacial score (nSPS) is 10.7. The molecule has 0 atom stereocenters. The number of carbonyl (C=O) groups is 4. The molecule has 0 aliphatic heterocycles. The number of fused-ring (bicyclic) bond motifs is 5. The van der Waals surface area contributed by atoms with Crippen molar-refractivity contribution in [2.45, 2.75) is 90.8 Å². The standard InChI is InChI=1S/C22H20N2O.C21H18N2O.C16H16N2O.C15H14N2O.C13H11Br.C9H10N2O.4C2HF3O2.2Rh/c1-16-14-20-21(12-13-23-22(20)25-2)24(16)15-18-10-6-7-11-19(18)17-8-4-3-5-9-17;1-15-13-19-20(11-12-22-21(19)24)23(15)14-17-9-5-6-10-18(17)16-7-3-2-4-8-16;1-12-10-14-15(8-9-17-16(14)19-2)18(12)11-13-6-4-3-5-7-13;1-11-9-13-14(7-8-16-15(13)18)17(11)10-12-5-3-2-4-6-12;14-10-12-8-4-5-9-13(12)11-6-2-1-3-7-11;1-6-5-7-8(11-6)3-4-10-9(7)12-2;4*3-2(4,5)1(6)7;;/h3-14H,15H2,1-2H3;2-13H,14H2,1H3,(H,22,24);3-10H,11H2,1-2H3;2-9H,10H2,1H3,(H,16,18);1-9H,10H2;3-5,11H,1-2H3;4*(H,6,7);;. The Balaban J connectivity index is 0.000000221. The minimum atomic E-state index is -5.08. The predicted molar refractivity (Wildman–Crippen MR) is 516 cm³/mol. The molecule has 0 aliphatic rings. The third-order valence-electron chi connectivity index (χ3n) is 20.8. The number of carboxylic acids is 4. The monoisotopic (exact) mass is 2200 g/mol. The van der Waals surface area contributed by atoms with Crippen LogP contribution in [0.15, 0.2) is 326 Å². The quantitative estimate of drug-likeness (QED) is 0.0285. The van der Waals surface area contributed by atoms with Crippen LogP contribution in [0.5, 0.6) is 17.6 Å². The zero-order valence-electron chi connectivity index (χ0n) is 76.7. The topological polar surface area (TPSA) is 317 Å². The molecule has 0 unspecified atom stereocenters. The van der Waals surface area contributed by atoms with Gasteiger partial charge >= 0.3 is 48.6 Å². The second kappa shape index (κ2) is 53.4. The first-order valence-corrected chi connectivity index (χ1v) is 43.2. The summed E-state index contributed by atoms with van der Waals surface area (Å²) in [6.45, 7) is 13.5. The molecule has 0 amide bonds. The van der Waals surface area contributed by atoms with E-state index in [2.05, 4.69) is 284 Å². The Hall–Kier alpha value is -15.0. The molecule has 0 aliphatic carbocycles. The Morgan fingerprint density at radius 1 is 0.331 bits per heavy atom. The van der Waals surface area contributed by atoms with Crippen LogP contribution in [0.1, 0.15) is 56.3 Å². The van der Waals surface area contributed by atoms with Crippen molar-refractivity contribution < 1.29 is 145 Å². The molecule has 0 fully saturated rings. The molecule has 0 bridgehead atoms. The molecule has 0 spiro atoms. The molecule has 7 N–H and O–H groups in total. The van der Waals surface area contributed by atoms with Crippen LogP contribution in [-0.2, 0) is 89.6 Å². The number of nitrogens with zero attached hydrogens (tertiary/aromatic N) is 7. The molecule has 0 saturated carbocycles. The number of methoxy groups -OCH3 is 3. The van der Waals surface area contributed by atoms with Crippen LogP contribution >= 0.6 is 15.9 Å². The van der Waals surface area contributed by atoms with Crippen LogP contribution in [0.2, 0.25) is 0 Å². The first-order chi connectivity index (χ1) is 66.6. The van der Waals surface area contributed by atoms with Crippen LogP contribution in [0.25, 0.3) is 87.9 Å². The first kappa shape index (κ1) is 114. The molecule has 10 aromatic heterocycles. The summed E-state index contributed by atoms with van der Waals surface area (Å²) in [5, 5.41) is 34.1. The number of halogens is 13. The predicted octanol–water partition coefficient (Wildman–Crippen LogP) is 24.2. The van der Waals surface area contributed by atoms with E-state index in [1.807, 2.05) is 99.6 Å². The van der Waals surface area contributed by atoms with Gasteiger partial charge in [0.1, 0.15) is 0 Å². The minimum absolute atomic E-state index is 0. The molecule has 0 saturated heterocycles. The van der Waals surface area contributed by atoms with Gasteiger partial charge in [0.05, 0.1) is 75.8 Å². The van der Waals surface area contributed by atoms with Crippen molar-refractivity contribution in [2.24, 2.45) is 0 Å². The van der Waals surface area contributed by atoms with Crippen LogP contribution < -0.4 is 25.3 Å². The van der Waals surface area contributed by atoms with Gasteiger partial charge in [0.2, 0.25) is 17.6 Å². The van der Waals surface area contributed by atoms with E-state index >= 15 is 0 Å². The van der Waals surface area contributed by atoms with E-state index < -0.39 is 48.6 Å². The molecule has 18 rings (SSSR count). The second-order valence-corrected chi connectivity index (χ2v) is 30.9. The fourth-order valence-corrected chi connectivity index (χ4v) is 14.8. The fraction of sp³-hybridized carbons (Fsp3) is 0.163.